The Balaban J connectivity index is 1.99. The maximum Gasteiger partial charge on any atom is 0.0336 e. The average molecular weight is 403 g/mol. The summed E-state index contributed by atoms with van der Waals surface area (Å²) in [4.78, 5) is 0. The Kier molecular flexibility index (Phi) is 7.79. The normalized spacial score (nSPS) is 13.2. The lowest BCUT2D eigenvalue weighted by atomic mass is 9.83. The topological polar surface area (TPSA) is 0 Å². The smallest absolute Gasteiger partial charge is 0.0336 e. The van der Waals surface area contributed by atoms with Crippen LogP contribution in [0.4, 0.5) is 0 Å². The summed E-state index contributed by atoms with van der Waals surface area (Å²) >= 11 is 0. The van der Waals surface area contributed by atoms with Crippen LogP contribution in [0.15, 0.2) is 134 Å². The molecule has 0 saturated carbocycles. The van der Waals surface area contributed by atoms with Crippen LogP contribution in [-0.4, -0.2) is 0 Å². The molecule has 0 heterocycles. The highest BCUT2D eigenvalue weighted by Crippen LogP contribution is 2.34. The van der Waals surface area contributed by atoms with Gasteiger partial charge in [0.15, 0.2) is 0 Å². The minimum Gasteiger partial charge on any atom is -0.0990 e. The van der Waals surface area contributed by atoms with Crippen molar-refractivity contribution < 1.29 is 0 Å². The molecule has 0 radical (unpaired) electrons. The second-order valence-electron chi connectivity index (χ2n) is 7.39. The fraction of sp³-hybridized carbons (Fsp3) is 0.0968. The van der Waals surface area contributed by atoms with Crippen molar-refractivity contribution in [2.75, 3.05) is 0 Å². The Morgan fingerprint density at radius 2 is 1.32 bits per heavy atom. The van der Waals surface area contributed by atoms with Gasteiger partial charge in [0.2, 0.25) is 0 Å². The van der Waals surface area contributed by atoms with Crippen molar-refractivity contribution in [3.63, 3.8) is 0 Å². The van der Waals surface area contributed by atoms with Crippen LogP contribution in [0, 0.1) is 0 Å². The van der Waals surface area contributed by atoms with Gasteiger partial charge in [0.25, 0.3) is 0 Å². The van der Waals surface area contributed by atoms with Crippen molar-refractivity contribution in [1.29, 1.82) is 0 Å². The van der Waals surface area contributed by atoms with E-state index in [-0.39, 0.29) is 5.92 Å². The molecule has 0 aliphatic rings. The van der Waals surface area contributed by atoms with Gasteiger partial charge < -0.3 is 0 Å². The highest BCUT2D eigenvalue weighted by atomic mass is 14.2. The van der Waals surface area contributed by atoms with Crippen LogP contribution >= 0.6 is 0 Å². The third-order valence-electron chi connectivity index (χ3n) is 5.47. The van der Waals surface area contributed by atoms with Crippen molar-refractivity contribution in [2.45, 2.75) is 19.8 Å². The summed E-state index contributed by atoms with van der Waals surface area (Å²) < 4.78 is 0. The second-order valence-corrected chi connectivity index (χ2v) is 7.39. The zero-order valence-corrected chi connectivity index (χ0v) is 18.5. The van der Waals surface area contributed by atoms with Gasteiger partial charge in [-0.3, -0.25) is 0 Å². The minimum absolute atomic E-state index is 0.148. The molecule has 3 aromatic carbocycles. The minimum atomic E-state index is 0.148. The zero-order valence-electron chi connectivity index (χ0n) is 18.5. The van der Waals surface area contributed by atoms with Gasteiger partial charge in [0.1, 0.15) is 0 Å². The lowest BCUT2D eigenvalue weighted by Crippen LogP contribution is -2.04. The molecule has 3 rings (SSSR count). The van der Waals surface area contributed by atoms with Crippen LogP contribution in [0.25, 0.3) is 16.7 Å². The molecule has 0 saturated heterocycles. The maximum atomic E-state index is 4.07. The summed E-state index contributed by atoms with van der Waals surface area (Å²) in [6.45, 7) is 12.0. The predicted octanol–water partition coefficient (Wildman–Crippen LogP) is 8.76. The molecule has 0 bridgehead atoms. The quantitative estimate of drug-likeness (QED) is 0.330. The largest absolute Gasteiger partial charge is 0.0990 e. The Morgan fingerprint density at radius 1 is 0.742 bits per heavy atom. The highest BCUT2D eigenvalue weighted by Gasteiger charge is 2.17. The van der Waals surface area contributed by atoms with E-state index in [0.29, 0.717) is 0 Å². The van der Waals surface area contributed by atoms with Crippen molar-refractivity contribution in [3.05, 3.63) is 151 Å². The maximum absolute atomic E-state index is 4.07. The molecule has 0 aliphatic heterocycles. The van der Waals surface area contributed by atoms with E-state index in [0.717, 1.165) is 5.57 Å². The van der Waals surface area contributed by atoms with Crippen LogP contribution in [0.2, 0.25) is 0 Å². The first-order chi connectivity index (χ1) is 15.2. The van der Waals surface area contributed by atoms with Crippen LogP contribution in [0.1, 0.15) is 36.5 Å². The third kappa shape index (κ3) is 5.29. The van der Waals surface area contributed by atoms with Gasteiger partial charge in [0.05, 0.1) is 0 Å². The number of hydrogen-bond acceptors (Lipinski definition) is 0. The van der Waals surface area contributed by atoms with E-state index in [4.69, 9.17) is 0 Å². The third-order valence-corrected chi connectivity index (χ3v) is 5.47. The van der Waals surface area contributed by atoms with Crippen LogP contribution < -0.4 is 0 Å². The standard InChI is InChI=1S/C31H30/c1-5-12-25(13-6-2)27-16-20-29(21-17-27)31(24(7-3)8-4)30-22-18-28(19-23-30)26-14-10-9-11-15-26/h5-23,31H,1,3H2,2,4H3/b13-6-,24-8+,25-12+. The molecule has 0 amide bonds. The van der Waals surface area contributed by atoms with E-state index in [1.54, 1.807) is 0 Å². The molecule has 0 aromatic heterocycles. The second kappa shape index (κ2) is 10.9. The van der Waals surface area contributed by atoms with Gasteiger partial charge in [0, 0.05) is 5.92 Å². The van der Waals surface area contributed by atoms with Crippen molar-refractivity contribution in [2.24, 2.45) is 0 Å². The van der Waals surface area contributed by atoms with E-state index in [1.807, 2.05) is 31.2 Å². The Hall–Kier alpha value is -3.64. The summed E-state index contributed by atoms with van der Waals surface area (Å²) in [6.07, 6.45) is 12.1. The number of hydrogen-bond donors (Lipinski definition) is 0. The van der Waals surface area contributed by atoms with Gasteiger partial charge in [-0.2, -0.15) is 0 Å². The first kappa shape index (κ1) is 22.1. The molecular formula is C31H30. The van der Waals surface area contributed by atoms with Gasteiger partial charge in [-0.15, -0.1) is 0 Å². The molecule has 0 nitrogen and oxygen atoms in total. The molecule has 1 unspecified atom stereocenters. The number of benzene rings is 3. The predicted molar refractivity (Wildman–Crippen MR) is 137 cm³/mol. The van der Waals surface area contributed by atoms with E-state index >= 15 is 0 Å². The molecule has 0 fully saturated rings. The lowest BCUT2D eigenvalue weighted by Gasteiger charge is -2.20. The van der Waals surface area contributed by atoms with Crippen LogP contribution in [-0.2, 0) is 0 Å². The fourth-order valence-corrected chi connectivity index (χ4v) is 3.90. The SMILES string of the molecule is C=C/C=C(\C=C/C)c1ccc(C(/C(C=C)=C/C)c2ccc(-c3ccccc3)cc2)cc1. The van der Waals surface area contributed by atoms with Crippen LogP contribution in [0.3, 0.4) is 0 Å². The Morgan fingerprint density at radius 3 is 1.84 bits per heavy atom. The molecule has 3 aromatic rings. The van der Waals surface area contributed by atoms with E-state index < -0.39 is 0 Å². The van der Waals surface area contributed by atoms with E-state index in [1.165, 1.54) is 33.4 Å². The fourth-order valence-electron chi connectivity index (χ4n) is 3.90. The van der Waals surface area contributed by atoms with E-state index in [2.05, 4.69) is 111 Å². The van der Waals surface area contributed by atoms with E-state index in [9.17, 15) is 0 Å². The summed E-state index contributed by atoms with van der Waals surface area (Å²) in [5, 5.41) is 0. The van der Waals surface area contributed by atoms with Gasteiger partial charge >= 0.3 is 0 Å². The molecule has 0 heteroatoms. The lowest BCUT2D eigenvalue weighted by molar-refractivity contribution is 0.974. The van der Waals surface area contributed by atoms with Crippen molar-refractivity contribution in [3.8, 4) is 11.1 Å². The molecule has 0 N–H and O–H groups in total. The average Bonchev–Trinajstić information content (AvgIpc) is 2.83. The summed E-state index contributed by atoms with van der Waals surface area (Å²) in [6, 6.07) is 28.2. The molecular weight excluding hydrogens is 372 g/mol. The van der Waals surface area contributed by atoms with Gasteiger partial charge in [-0.25, -0.2) is 0 Å². The molecule has 31 heavy (non-hydrogen) atoms. The summed E-state index contributed by atoms with van der Waals surface area (Å²) in [5.74, 6) is 0.148. The molecule has 154 valence electrons. The van der Waals surface area contributed by atoms with Crippen molar-refractivity contribution >= 4 is 5.57 Å². The summed E-state index contributed by atoms with van der Waals surface area (Å²) in [5.41, 5.74) is 8.51. The van der Waals surface area contributed by atoms with Gasteiger partial charge in [-0.05, 0) is 52.8 Å². The Labute approximate surface area is 187 Å². The molecule has 1 atom stereocenters. The number of rotatable bonds is 8. The van der Waals surface area contributed by atoms with Crippen molar-refractivity contribution in [1.82, 2.24) is 0 Å². The van der Waals surface area contributed by atoms with Gasteiger partial charge in [-0.1, -0.05) is 128 Å². The zero-order chi connectivity index (χ0) is 22.1. The first-order valence-electron chi connectivity index (χ1n) is 10.7. The Bertz CT molecular complexity index is 1090. The number of allylic oxidation sites excluding steroid dienone is 8. The van der Waals surface area contributed by atoms with Crippen LogP contribution in [0.5, 0.6) is 0 Å². The molecule has 0 spiro atoms. The first-order valence-corrected chi connectivity index (χ1v) is 10.7. The molecule has 0 aliphatic carbocycles. The summed E-state index contributed by atoms with van der Waals surface area (Å²) in [7, 11) is 0. The monoisotopic (exact) mass is 402 g/mol. The highest BCUT2D eigenvalue weighted by molar-refractivity contribution is 5.75.